The molecule has 0 bridgehead atoms. The van der Waals surface area contributed by atoms with Crippen LogP contribution in [0, 0.1) is 38.0 Å². The molecule has 18 nitrogen and oxygen atoms in total. The number of nitro groups is 2. The third-order valence-corrected chi connectivity index (χ3v) is 13.8. The summed E-state index contributed by atoms with van der Waals surface area (Å²) in [5.74, 6) is -1.23. The number of benzene rings is 4. The highest BCUT2D eigenvalue weighted by molar-refractivity contribution is 7.98. The number of hydrogen-bond acceptors (Lipinski definition) is 16. The number of thioether (sulfide) groups is 1. The Morgan fingerprint density at radius 3 is 2.18 bits per heavy atom. The molecule has 0 unspecified atom stereocenters. The summed E-state index contributed by atoms with van der Waals surface area (Å²) in [6, 6.07) is 23.5. The first-order valence-electron chi connectivity index (χ1n) is 23.7. The van der Waals surface area contributed by atoms with Crippen LogP contribution in [0.5, 0.6) is 23.0 Å². The molecule has 1 aliphatic heterocycles. The molecule has 4 aromatic carbocycles. The van der Waals surface area contributed by atoms with Crippen molar-refractivity contribution >= 4 is 34.9 Å². The van der Waals surface area contributed by atoms with Crippen molar-refractivity contribution in [2.24, 2.45) is 22.9 Å². The molecule has 3 aliphatic rings. The van der Waals surface area contributed by atoms with Crippen molar-refractivity contribution in [1.29, 1.82) is 0 Å². The van der Waals surface area contributed by atoms with Crippen molar-refractivity contribution in [2.75, 3.05) is 52.4 Å². The van der Waals surface area contributed by atoms with Crippen molar-refractivity contribution in [2.45, 2.75) is 74.2 Å². The highest BCUT2D eigenvalue weighted by atomic mass is 32.2. The number of allylic oxidation sites excluding steroid dienone is 1. The van der Waals surface area contributed by atoms with Crippen molar-refractivity contribution in [3.05, 3.63) is 147 Å². The van der Waals surface area contributed by atoms with Gasteiger partial charge in [-0.3, -0.25) is 25.1 Å². The van der Waals surface area contributed by atoms with Crippen molar-refractivity contribution in [3.8, 4) is 23.0 Å². The highest BCUT2D eigenvalue weighted by Gasteiger charge is 2.65. The first-order chi connectivity index (χ1) is 34.5. The second-order valence-corrected chi connectivity index (χ2v) is 18.3. The minimum absolute atomic E-state index is 0.00560. The van der Waals surface area contributed by atoms with Gasteiger partial charge in [-0.1, -0.05) is 30.1 Å². The average molecular weight is 997 g/mol. The number of amides is 1. The maximum absolute atomic E-state index is 14.9. The predicted octanol–water partition coefficient (Wildman–Crippen LogP) is 9.36. The Kier molecular flexibility index (Phi) is 18.6. The first kappa shape index (κ1) is 52.5. The van der Waals surface area contributed by atoms with Gasteiger partial charge in [-0.25, -0.2) is 4.79 Å². The minimum atomic E-state index is -1.68. The fourth-order valence-corrected chi connectivity index (χ4v) is 10.3. The van der Waals surface area contributed by atoms with E-state index < -0.39 is 39.6 Å². The van der Waals surface area contributed by atoms with Crippen molar-refractivity contribution < 1.29 is 58.5 Å². The van der Waals surface area contributed by atoms with Crippen LogP contribution in [0.3, 0.4) is 0 Å². The van der Waals surface area contributed by atoms with Crippen LogP contribution in [0.4, 0.5) is 16.2 Å². The Morgan fingerprint density at radius 2 is 1.54 bits per heavy atom. The number of aliphatic hydroxyl groups is 3. The van der Waals surface area contributed by atoms with Gasteiger partial charge >= 0.3 is 6.09 Å². The quantitative estimate of drug-likeness (QED) is 0.0175. The Hall–Kier alpha value is -6.35. The summed E-state index contributed by atoms with van der Waals surface area (Å²) in [5.41, 5.74) is 2.42. The van der Waals surface area contributed by atoms with Crippen molar-refractivity contribution in [1.82, 2.24) is 4.90 Å². The molecule has 0 saturated heterocycles. The van der Waals surface area contributed by atoms with Gasteiger partial charge in [-0.05, 0) is 122 Å². The van der Waals surface area contributed by atoms with Gasteiger partial charge in [0.1, 0.15) is 35.6 Å². The molecule has 0 radical (unpaired) electrons. The normalized spacial score (nSPS) is 21.5. The molecule has 1 fully saturated rings. The lowest BCUT2D eigenvalue weighted by atomic mass is 9.55. The average Bonchev–Trinajstić information content (AvgIpc) is 3.37. The number of carbonyl (C=O) groups excluding carboxylic acids is 1. The van der Waals surface area contributed by atoms with E-state index in [0.29, 0.717) is 60.6 Å². The lowest BCUT2D eigenvalue weighted by Crippen LogP contribution is -2.70. The highest BCUT2D eigenvalue weighted by Crippen LogP contribution is 2.62. The van der Waals surface area contributed by atoms with Crippen LogP contribution < -0.4 is 14.2 Å². The molecule has 4 aromatic rings. The zero-order valence-electron chi connectivity index (χ0n) is 39.5. The lowest BCUT2D eigenvalue weighted by molar-refractivity contribution is -0.385. The van der Waals surface area contributed by atoms with Crippen LogP contribution in [-0.4, -0.2) is 106 Å². The third-order valence-electron chi connectivity index (χ3n) is 13.1. The number of nitrogens with zero attached hydrogens (tertiary/aromatic N) is 4. The SMILES string of the molecule is C=CCO[C@@]12Oc3ccc(Oc4ccc(SC)cc4)cc3[C@H]3[C@H](CCCCO)[C@@H](CCCCO)C=C(C(=NOCc4ccc([N+](=O)[O-])cc4)C[C@@H]1N(CCOCCO)C(=O)Oc1ccc([N+](=O)[O-])cc1)[C@H]32. The number of oxime groups is 1. The summed E-state index contributed by atoms with van der Waals surface area (Å²) >= 11 is 1.62. The monoisotopic (exact) mass is 996 g/mol. The maximum atomic E-state index is 14.9. The van der Waals surface area contributed by atoms with Crippen LogP contribution >= 0.6 is 11.8 Å². The second kappa shape index (κ2) is 25.2. The number of rotatable bonds is 26. The molecule has 71 heavy (non-hydrogen) atoms. The third kappa shape index (κ3) is 12.6. The van der Waals surface area contributed by atoms with Crippen LogP contribution in [0.2, 0.25) is 0 Å². The predicted molar refractivity (Wildman–Crippen MR) is 265 cm³/mol. The fourth-order valence-electron chi connectivity index (χ4n) is 9.89. The van der Waals surface area contributed by atoms with E-state index in [4.69, 9.17) is 33.7 Å². The van der Waals surface area contributed by atoms with E-state index in [2.05, 4.69) is 12.7 Å². The van der Waals surface area contributed by atoms with Crippen LogP contribution in [0.15, 0.2) is 125 Å². The molecule has 378 valence electrons. The van der Waals surface area contributed by atoms with Gasteiger partial charge in [-0.15, -0.1) is 18.3 Å². The van der Waals surface area contributed by atoms with Crippen molar-refractivity contribution in [3.63, 3.8) is 0 Å². The van der Waals surface area contributed by atoms with E-state index in [1.54, 1.807) is 30.0 Å². The molecule has 1 saturated carbocycles. The molecule has 6 atom stereocenters. The topological polar surface area (TPSA) is 235 Å². The molecular formula is C52H60N4O14S. The standard InChI is InChI=1S/C52H60N4O14S/c1-3-28-66-52-48(54(24-29-65-30-27-59)51(60)69-40-16-14-38(15-17-40)56(63)64)33-46(53-67-34-35-10-12-37(13-11-35)55(61)62)44-31-36(8-4-6-25-57)43(9-5-7-26-58)49(50(44)52)45-32-41(20-23-47(45)70-52)68-39-18-21-42(71-2)22-19-39/h3,10-23,31-32,36,43,48-50,57-59H,1,4-9,24-30,33-34H2,2H3/t36-,43+,48-,49+,50+,52+/m0/s1. The first-order valence-corrected chi connectivity index (χ1v) is 24.9. The zero-order chi connectivity index (χ0) is 50.3. The summed E-state index contributed by atoms with van der Waals surface area (Å²) in [6.07, 6.45) is 8.89. The summed E-state index contributed by atoms with van der Waals surface area (Å²) in [6.45, 7) is 3.54. The second-order valence-electron chi connectivity index (χ2n) is 17.4. The summed E-state index contributed by atoms with van der Waals surface area (Å²) in [5, 5.41) is 57.4. The number of aliphatic hydroxyl groups excluding tert-OH is 3. The van der Waals surface area contributed by atoms with Gasteiger partial charge in [0.05, 0.1) is 47.9 Å². The van der Waals surface area contributed by atoms with Gasteiger partial charge in [0, 0.05) is 66.8 Å². The Morgan fingerprint density at radius 1 is 0.873 bits per heavy atom. The number of non-ortho nitro benzene ring substituents is 2. The van der Waals surface area contributed by atoms with Gasteiger partial charge < -0.3 is 43.8 Å². The zero-order valence-corrected chi connectivity index (χ0v) is 40.4. The van der Waals surface area contributed by atoms with Gasteiger partial charge in [0.25, 0.3) is 11.4 Å². The van der Waals surface area contributed by atoms with Crippen LogP contribution in [0.25, 0.3) is 0 Å². The number of ether oxygens (including phenoxy) is 5. The molecule has 2 aliphatic carbocycles. The van der Waals surface area contributed by atoms with Gasteiger partial charge in [0.2, 0.25) is 5.79 Å². The Balaban J connectivity index is 1.42. The summed E-state index contributed by atoms with van der Waals surface area (Å²) in [7, 11) is 0. The van der Waals surface area contributed by atoms with Gasteiger partial charge in [-0.2, -0.15) is 0 Å². The number of nitro benzene ring substituents is 2. The Bertz CT molecular complexity index is 2510. The molecule has 19 heteroatoms. The van der Waals surface area contributed by atoms with Crippen LogP contribution in [-0.2, 0) is 20.9 Å². The van der Waals surface area contributed by atoms with E-state index in [-0.39, 0.29) is 88.2 Å². The molecule has 3 N–H and O–H groups in total. The van der Waals surface area contributed by atoms with E-state index in [0.717, 1.165) is 22.5 Å². The molecule has 0 aromatic heterocycles. The van der Waals surface area contributed by atoms with Gasteiger partial charge in [0.15, 0.2) is 0 Å². The lowest BCUT2D eigenvalue weighted by Gasteiger charge is -2.59. The largest absolute Gasteiger partial charge is 0.459 e. The number of unbranched alkanes of at least 4 members (excludes halogenated alkanes) is 2. The minimum Gasteiger partial charge on any atom is -0.459 e. The van der Waals surface area contributed by atoms with Crippen LogP contribution in [0.1, 0.15) is 62.0 Å². The molecular weight excluding hydrogens is 937 g/mol. The number of hydrogen-bond donors (Lipinski definition) is 3. The fraction of sp³-hybridized carbons (Fsp3) is 0.423. The summed E-state index contributed by atoms with van der Waals surface area (Å²) < 4.78 is 32.6. The Labute approximate surface area is 416 Å². The molecule has 0 spiro atoms. The molecule has 1 amide bonds. The van der Waals surface area contributed by atoms with E-state index in [1.165, 1.54) is 41.3 Å². The van der Waals surface area contributed by atoms with E-state index in [1.807, 2.05) is 48.7 Å². The van der Waals surface area contributed by atoms with E-state index in [9.17, 15) is 40.3 Å². The number of carbonyl (C=O) groups is 1. The number of fused-ring (bicyclic) bond motifs is 2. The molecule has 7 rings (SSSR count). The molecule has 1 heterocycles. The maximum Gasteiger partial charge on any atom is 0.415 e. The summed E-state index contributed by atoms with van der Waals surface area (Å²) in [4.78, 5) is 45.5. The van der Waals surface area contributed by atoms with E-state index >= 15 is 0 Å². The smallest absolute Gasteiger partial charge is 0.415 e.